The lowest BCUT2D eigenvalue weighted by Gasteiger charge is -2.09. The summed E-state index contributed by atoms with van der Waals surface area (Å²) in [6.45, 7) is 2.23. The van der Waals surface area contributed by atoms with Gasteiger partial charge in [-0.15, -0.1) is 0 Å². The van der Waals surface area contributed by atoms with E-state index in [0.717, 1.165) is 16.9 Å². The number of carbonyl (C=O) groups is 1. The van der Waals surface area contributed by atoms with Crippen molar-refractivity contribution in [1.82, 2.24) is 15.3 Å². The van der Waals surface area contributed by atoms with Crippen LogP contribution in [0.2, 0.25) is 0 Å². The zero-order chi connectivity index (χ0) is 17.6. The molecule has 126 valence electrons. The molecule has 1 amide bonds. The van der Waals surface area contributed by atoms with Crippen LogP contribution >= 0.6 is 0 Å². The Morgan fingerprint density at radius 2 is 1.92 bits per heavy atom. The number of rotatable bonds is 5. The van der Waals surface area contributed by atoms with Gasteiger partial charge in [0.1, 0.15) is 5.75 Å². The van der Waals surface area contributed by atoms with E-state index in [1.165, 1.54) is 0 Å². The van der Waals surface area contributed by atoms with E-state index < -0.39 is 0 Å². The van der Waals surface area contributed by atoms with Crippen LogP contribution in [0.5, 0.6) is 5.75 Å². The molecule has 2 aromatic carbocycles. The maximum Gasteiger partial charge on any atom is 0.254 e. The van der Waals surface area contributed by atoms with Crippen molar-refractivity contribution in [3.63, 3.8) is 0 Å². The third-order valence-corrected chi connectivity index (χ3v) is 3.84. The van der Waals surface area contributed by atoms with Gasteiger partial charge >= 0.3 is 0 Å². The van der Waals surface area contributed by atoms with E-state index in [1.54, 1.807) is 13.3 Å². The van der Waals surface area contributed by atoms with Crippen LogP contribution in [0.15, 0.2) is 60.8 Å². The van der Waals surface area contributed by atoms with Crippen molar-refractivity contribution in [3.8, 4) is 17.1 Å². The minimum Gasteiger partial charge on any atom is -0.497 e. The van der Waals surface area contributed by atoms with Crippen LogP contribution in [0.25, 0.3) is 11.4 Å². The molecule has 1 aromatic heterocycles. The SMILES string of the molecule is COc1cccc(CNC(=O)c2cnc(-c3ccccc3)nc2C)c1. The van der Waals surface area contributed by atoms with Gasteiger partial charge in [-0.05, 0) is 24.6 Å². The van der Waals surface area contributed by atoms with Crippen molar-refractivity contribution >= 4 is 5.91 Å². The lowest BCUT2D eigenvalue weighted by molar-refractivity contribution is 0.0949. The highest BCUT2D eigenvalue weighted by Crippen LogP contribution is 2.16. The summed E-state index contributed by atoms with van der Waals surface area (Å²) in [6, 6.07) is 17.3. The minimum absolute atomic E-state index is 0.195. The third kappa shape index (κ3) is 4.01. The van der Waals surface area contributed by atoms with Crippen LogP contribution in [-0.4, -0.2) is 23.0 Å². The highest BCUT2D eigenvalue weighted by molar-refractivity contribution is 5.95. The van der Waals surface area contributed by atoms with E-state index in [1.807, 2.05) is 61.5 Å². The molecule has 25 heavy (non-hydrogen) atoms. The lowest BCUT2D eigenvalue weighted by Crippen LogP contribution is -2.24. The first-order valence-electron chi connectivity index (χ1n) is 7.97. The van der Waals surface area contributed by atoms with E-state index in [2.05, 4.69) is 15.3 Å². The van der Waals surface area contributed by atoms with Crippen molar-refractivity contribution in [1.29, 1.82) is 0 Å². The summed E-state index contributed by atoms with van der Waals surface area (Å²) in [7, 11) is 1.62. The summed E-state index contributed by atoms with van der Waals surface area (Å²) in [4.78, 5) is 21.2. The topological polar surface area (TPSA) is 64.1 Å². The third-order valence-electron chi connectivity index (χ3n) is 3.84. The molecule has 0 spiro atoms. The van der Waals surface area contributed by atoms with Gasteiger partial charge in [-0.25, -0.2) is 9.97 Å². The largest absolute Gasteiger partial charge is 0.497 e. The van der Waals surface area contributed by atoms with Crippen molar-refractivity contribution in [2.45, 2.75) is 13.5 Å². The van der Waals surface area contributed by atoms with Gasteiger partial charge in [0.25, 0.3) is 5.91 Å². The first-order valence-corrected chi connectivity index (χ1v) is 7.97. The molecule has 0 radical (unpaired) electrons. The van der Waals surface area contributed by atoms with Crippen LogP contribution in [0.1, 0.15) is 21.6 Å². The maximum absolute atomic E-state index is 12.4. The number of ether oxygens (including phenoxy) is 1. The Morgan fingerprint density at radius 1 is 1.12 bits per heavy atom. The van der Waals surface area contributed by atoms with Gasteiger partial charge in [-0.1, -0.05) is 42.5 Å². The minimum atomic E-state index is -0.195. The van der Waals surface area contributed by atoms with Crippen molar-refractivity contribution in [3.05, 3.63) is 77.6 Å². The van der Waals surface area contributed by atoms with Crippen LogP contribution in [-0.2, 0) is 6.54 Å². The first-order chi connectivity index (χ1) is 12.2. The summed E-state index contributed by atoms with van der Waals surface area (Å²) in [5.41, 5.74) is 3.01. The second kappa shape index (κ2) is 7.57. The van der Waals surface area contributed by atoms with Crippen molar-refractivity contribution in [2.75, 3.05) is 7.11 Å². The summed E-state index contributed by atoms with van der Waals surface area (Å²) in [6.07, 6.45) is 1.57. The second-order valence-electron chi connectivity index (χ2n) is 5.59. The predicted octanol–water partition coefficient (Wildman–Crippen LogP) is 3.39. The molecule has 0 saturated heterocycles. The molecular weight excluding hydrogens is 314 g/mol. The maximum atomic E-state index is 12.4. The molecule has 5 nitrogen and oxygen atoms in total. The number of carbonyl (C=O) groups excluding carboxylic acids is 1. The highest BCUT2D eigenvalue weighted by atomic mass is 16.5. The molecule has 0 atom stereocenters. The molecular formula is C20H19N3O2. The van der Waals surface area contributed by atoms with E-state index in [-0.39, 0.29) is 5.91 Å². The number of benzene rings is 2. The quantitative estimate of drug-likeness (QED) is 0.777. The van der Waals surface area contributed by atoms with Crippen LogP contribution < -0.4 is 10.1 Å². The molecule has 3 rings (SSSR count). The van der Waals surface area contributed by atoms with Gasteiger partial charge in [-0.2, -0.15) is 0 Å². The molecule has 1 N–H and O–H groups in total. The van der Waals surface area contributed by atoms with Gasteiger partial charge in [0.2, 0.25) is 0 Å². The Kier molecular flexibility index (Phi) is 5.04. The highest BCUT2D eigenvalue weighted by Gasteiger charge is 2.12. The predicted molar refractivity (Wildman–Crippen MR) is 96.4 cm³/mol. The fraction of sp³-hybridized carbons (Fsp3) is 0.150. The van der Waals surface area contributed by atoms with Crippen LogP contribution in [0.3, 0.4) is 0 Å². The molecule has 0 aliphatic rings. The molecule has 0 fully saturated rings. The van der Waals surface area contributed by atoms with Gasteiger partial charge in [0.15, 0.2) is 5.82 Å². The lowest BCUT2D eigenvalue weighted by atomic mass is 10.1. The Balaban J connectivity index is 1.72. The number of aromatic nitrogens is 2. The van der Waals surface area contributed by atoms with E-state index in [4.69, 9.17) is 4.74 Å². The number of nitrogens with zero attached hydrogens (tertiary/aromatic N) is 2. The van der Waals surface area contributed by atoms with Crippen molar-refractivity contribution in [2.24, 2.45) is 0 Å². The monoisotopic (exact) mass is 333 g/mol. The Bertz CT molecular complexity index is 879. The van der Waals surface area contributed by atoms with E-state index in [9.17, 15) is 4.79 Å². The number of nitrogens with one attached hydrogen (secondary N) is 1. The molecule has 0 unspecified atom stereocenters. The summed E-state index contributed by atoms with van der Waals surface area (Å²) < 4.78 is 5.19. The smallest absolute Gasteiger partial charge is 0.254 e. The molecule has 5 heteroatoms. The molecule has 0 aliphatic carbocycles. The molecule has 0 bridgehead atoms. The molecule has 0 saturated carbocycles. The average Bonchev–Trinajstić information content (AvgIpc) is 2.67. The van der Waals surface area contributed by atoms with E-state index >= 15 is 0 Å². The number of hydrogen-bond donors (Lipinski definition) is 1. The van der Waals surface area contributed by atoms with Gasteiger partial charge in [0, 0.05) is 18.3 Å². The van der Waals surface area contributed by atoms with Crippen LogP contribution in [0, 0.1) is 6.92 Å². The summed E-state index contributed by atoms with van der Waals surface area (Å²) >= 11 is 0. The number of methoxy groups -OCH3 is 1. The Labute approximate surface area is 146 Å². The molecule has 0 aliphatic heterocycles. The van der Waals surface area contributed by atoms with Gasteiger partial charge < -0.3 is 10.1 Å². The van der Waals surface area contributed by atoms with Gasteiger partial charge in [-0.3, -0.25) is 4.79 Å². The fourth-order valence-corrected chi connectivity index (χ4v) is 2.48. The zero-order valence-corrected chi connectivity index (χ0v) is 14.2. The van der Waals surface area contributed by atoms with Crippen LogP contribution in [0.4, 0.5) is 0 Å². The zero-order valence-electron chi connectivity index (χ0n) is 14.2. The van der Waals surface area contributed by atoms with Crippen molar-refractivity contribution < 1.29 is 9.53 Å². The Hall–Kier alpha value is -3.21. The number of hydrogen-bond acceptors (Lipinski definition) is 4. The molecule has 1 heterocycles. The fourth-order valence-electron chi connectivity index (χ4n) is 2.48. The first kappa shape index (κ1) is 16.6. The standard InChI is InChI=1S/C20H19N3O2/c1-14-18(13-21-19(23-14)16-8-4-3-5-9-16)20(24)22-12-15-7-6-10-17(11-15)25-2/h3-11,13H,12H2,1-2H3,(H,22,24). The number of aryl methyl sites for hydroxylation is 1. The Morgan fingerprint density at radius 3 is 2.64 bits per heavy atom. The van der Waals surface area contributed by atoms with Gasteiger partial charge in [0.05, 0.1) is 18.4 Å². The summed E-state index contributed by atoms with van der Waals surface area (Å²) in [5.74, 6) is 1.18. The number of amides is 1. The average molecular weight is 333 g/mol. The van der Waals surface area contributed by atoms with E-state index in [0.29, 0.717) is 23.6 Å². The molecule has 3 aromatic rings. The second-order valence-corrected chi connectivity index (χ2v) is 5.59. The summed E-state index contributed by atoms with van der Waals surface area (Å²) in [5, 5.41) is 2.89. The normalized spacial score (nSPS) is 10.3.